The van der Waals surface area contributed by atoms with Crippen LogP contribution in [0.25, 0.3) is 0 Å². The fourth-order valence-corrected chi connectivity index (χ4v) is 11.1. The van der Waals surface area contributed by atoms with E-state index >= 15 is 0 Å². The molecule has 32 atom stereocenters. The zero-order valence-corrected chi connectivity index (χ0v) is 47.1. The zero-order valence-electron chi connectivity index (χ0n) is 47.1. The van der Waals surface area contributed by atoms with Crippen LogP contribution in [-0.4, -0.2) is 384 Å². The lowest BCUT2D eigenvalue weighted by molar-refractivity contribution is -0.404. The van der Waals surface area contributed by atoms with Crippen LogP contribution in [0.3, 0.4) is 0 Å². The first-order valence-electron chi connectivity index (χ1n) is 27.5. The van der Waals surface area contributed by atoms with Crippen molar-refractivity contribution >= 4 is 29.7 Å². The summed E-state index contributed by atoms with van der Waals surface area (Å²) in [6.07, 6.45) is -63.9. The third-order valence-electron chi connectivity index (χ3n) is 15.7. The molecule has 89 heavy (non-hydrogen) atoms. The summed E-state index contributed by atoms with van der Waals surface area (Å²) in [6.45, 7) is -6.89. The Bertz CT molecular complexity index is 2340. The van der Waals surface area contributed by atoms with Gasteiger partial charge in [-0.25, -0.2) is 9.59 Å². The highest BCUT2D eigenvalue weighted by molar-refractivity contribution is 5.78. The molecule has 0 aromatic carbocycles. The number of carbonyl (C=O) groups is 5. The Hall–Kier alpha value is -3.89. The van der Waals surface area contributed by atoms with Crippen LogP contribution in [0.1, 0.15) is 26.7 Å². The number of carboxylic acids is 2. The summed E-state index contributed by atoms with van der Waals surface area (Å²) in [4.78, 5) is 64.6. The van der Waals surface area contributed by atoms with Crippen LogP contribution in [0.2, 0.25) is 0 Å². The second-order valence-corrected chi connectivity index (χ2v) is 21.8. The minimum Gasteiger partial charge on any atom is -0.477 e. The maximum absolute atomic E-state index is 13.6. The van der Waals surface area contributed by atoms with Crippen LogP contribution < -0.4 is 16.0 Å². The summed E-state index contributed by atoms with van der Waals surface area (Å²) in [6, 6.07) is -5.84. The van der Waals surface area contributed by atoms with Crippen molar-refractivity contribution in [3.63, 3.8) is 0 Å². The number of ether oxygens (including phenoxy) is 11. The Kier molecular flexibility index (Phi) is 26.1. The fraction of sp³-hybridized carbons (Fsp3) is 0.896. The first-order chi connectivity index (χ1) is 41.8. The van der Waals surface area contributed by atoms with Crippen molar-refractivity contribution in [3.8, 4) is 0 Å². The van der Waals surface area contributed by atoms with Gasteiger partial charge in [0.25, 0.3) is 11.6 Å². The van der Waals surface area contributed by atoms with E-state index in [1.54, 1.807) is 0 Å². The molecule has 6 heterocycles. The van der Waals surface area contributed by atoms with Gasteiger partial charge < -0.3 is 180 Å². The molecule has 0 radical (unpaired) electrons. The molecule has 0 saturated carbocycles. The molecule has 514 valence electrons. The minimum absolute atomic E-state index is 0.852. The molecular weight excluding hydrogens is 1230 g/mol. The standard InChI is InChI=1S/C48H79N3O38/c1-12(59)49-23-14(61)3-47(45(75)76,86-37(23)26(66)16(63)5-52)88-39-29(69)19(8-55)81-43(32(39)72)85-36-25(50-13(2)60)42(80-18(7-54)28(36)68)84-35-21(10-57)82-44(83-34-20(9-56)79-41(74)31(71)30(34)70)33(73)40(35)89-48(46(77)78)4-15(62)24(51-22(65)11-58)38(87-48)27(67)17(64)6-53/h14-21,23-44,52-58,61-64,66-74H,3-11H2,1-2H3,(H,49,59)(H,50,60)(H,51,65)(H,75,76)(H,77,78)/t14-,15-,16+,17+,18+,19+,20+,21+,23+,24+,25+,26+,27+,28-,29-,30+,31+,32+,33+,34+,35-,36+,37+,38+,39-,40+,41+,42-,43-,44-,47-,48-/m0/s1. The van der Waals surface area contributed by atoms with Gasteiger partial charge in [-0.2, -0.15) is 0 Å². The van der Waals surface area contributed by atoms with Crippen LogP contribution in [0.15, 0.2) is 0 Å². The second kappa shape index (κ2) is 31.4. The summed E-state index contributed by atoms with van der Waals surface area (Å²) in [7, 11) is 0. The summed E-state index contributed by atoms with van der Waals surface area (Å²) >= 11 is 0. The van der Waals surface area contributed by atoms with E-state index in [1.807, 2.05) is 0 Å². The highest BCUT2D eigenvalue weighted by atomic mass is 16.8. The van der Waals surface area contributed by atoms with Crippen LogP contribution in [-0.2, 0) is 76.1 Å². The topological polar surface area (TPSA) is 668 Å². The Labute approximate surface area is 501 Å². The summed E-state index contributed by atoms with van der Waals surface area (Å²) in [5.74, 6) is -14.5. The molecule has 0 spiro atoms. The Morgan fingerprint density at radius 1 is 0.461 bits per heavy atom. The largest absolute Gasteiger partial charge is 0.477 e. The van der Waals surface area contributed by atoms with E-state index in [2.05, 4.69) is 16.0 Å². The highest BCUT2D eigenvalue weighted by Gasteiger charge is 2.64. The number of rotatable bonds is 26. The summed E-state index contributed by atoms with van der Waals surface area (Å²) in [5.41, 5.74) is 0. The SMILES string of the molecule is CC(=O)N[C@H]1[C@H](O[C@@H]2[C@H](O[C@]3(C(=O)O)C[C@H](O)[C@@H](NC(=O)CO)[C@H]([C@H](O)[C@H](O)CO)O3)[C@@H](O)[C@H](O[C@H]3[C@H](O)[C@@H](O)[C@H](O)O[C@@H]3CO)O[C@@H]2CO)O[C@H](CO)[C@H](O)[C@@H]1O[C@@H]1O[C@H](CO)[C@H](O)[C@H](O[C@]2(C(=O)O)C[C@H](O)[C@@H](NC(C)=O)[C@H]([C@H](O)[C@H](O)CO)O2)[C@H]1O. The molecule has 0 unspecified atom stereocenters. The third kappa shape index (κ3) is 16.0. The molecule has 41 nitrogen and oxygen atoms in total. The molecule has 0 aliphatic carbocycles. The number of aliphatic carboxylic acids is 2. The number of carboxylic acid groups (broad SMARTS) is 2. The average Bonchev–Trinajstić information content (AvgIpc) is 0.801. The van der Waals surface area contributed by atoms with Crippen molar-refractivity contribution < 1.29 is 188 Å². The monoisotopic (exact) mass is 1310 g/mol. The van der Waals surface area contributed by atoms with Crippen LogP contribution >= 0.6 is 0 Å². The summed E-state index contributed by atoms with van der Waals surface area (Å²) in [5, 5.41) is 244. The predicted molar refractivity (Wildman–Crippen MR) is 270 cm³/mol. The van der Waals surface area contributed by atoms with Crippen molar-refractivity contribution in [1.82, 2.24) is 16.0 Å². The number of nitrogens with one attached hydrogen (secondary N) is 3. The normalized spacial score (nSPS) is 44.2. The molecule has 0 bridgehead atoms. The van der Waals surface area contributed by atoms with Crippen LogP contribution in [0.4, 0.5) is 0 Å². The van der Waals surface area contributed by atoms with E-state index < -0.39 is 284 Å². The van der Waals surface area contributed by atoms with Gasteiger partial charge in [-0.05, 0) is 0 Å². The predicted octanol–water partition coefficient (Wildman–Crippen LogP) is -16.3. The van der Waals surface area contributed by atoms with Gasteiger partial charge in [0.2, 0.25) is 17.7 Å². The summed E-state index contributed by atoms with van der Waals surface area (Å²) < 4.78 is 63.6. The maximum Gasteiger partial charge on any atom is 0.364 e. The van der Waals surface area contributed by atoms with Crippen LogP contribution in [0, 0.1) is 0 Å². The number of aliphatic hydroxyl groups excluding tert-OH is 20. The van der Waals surface area contributed by atoms with Gasteiger partial charge >= 0.3 is 11.9 Å². The lowest BCUT2D eigenvalue weighted by Gasteiger charge is -2.53. The molecule has 3 amide bonds. The van der Waals surface area contributed by atoms with Gasteiger partial charge in [-0.3, -0.25) is 14.4 Å². The van der Waals surface area contributed by atoms with Gasteiger partial charge in [0.15, 0.2) is 25.2 Å². The lowest BCUT2D eigenvalue weighted by atomic mass is 9.88. The first kappa shape index (κ1) is 74.2. The number of carbonyl (C=O) groups excluding carboxylic acids is 3. The van der Waals surface area contributed by atoms with Gasteiger partial charge in [0, 0.05) is 26.7 Å². The van der Waals surface area contributed by atoms with E-state index in [0.717, 1.165) is 13.8 Å². The minimum atomic E-state index is -3.51. The van der Waals surface area contributed by atoms with Gasteiger partial charge in [0.1, 0.15) is 141 Å². The fourth-order valence-electron chi connectivity index (χ4n) is 11.1. The molecular formula is C48H79N3O38. The highest BCUT2D eigenvalue weighted by Crippen LogP contribution is 2.42. The van der Waals surface area contributed by atoms with Crippen molar-refractivity contribution in [1.29, 1.82) is 0 Å². The van der Waals surface area contributed by atoms with Gasteiger partial charge in [-0.15, -0.1) is 0 Å². The smallest absolute Gasteiger partial charge is 0.364 e. The molecule has 0 aromatic rings. The second-order valence-electron chi connectivity index (χ2n) is 21.8. The van der Waals surface area contributed by atoms with Gasteiger partial charge in [-0.1, -0.05) is 0 Å². The van der Waals surface area contributed by atoms with E-state index in [0.29, 0.717) is 0 Å². The Morgan fingerprint density at radius 3 is 1.30 bits per heavy atom. The van der Waals surface area contributed by atoms with E-state index in [1.165, 1.54) is 0 Å². The van der Waals surface area contributed by atoms with Crippen molar-refractivity contribution in [2.24, 2.45) is 0 Å². The van der Waals surface area contributed by atoms with E-state index in [-0.39, 0.29) is 0 Å². The van der Waals surface area contributed by atoms with Crippen LogP contribution in [0.5, 0.6) is 0 Å². The molecule has 6 rings (SSSR count). The van der Waals surface area contributed by atoms with E-state index in [4.69, 9.17) is 52.1 Å². The molecule has 41 heteroatoms. The third-order valence-corrected chi connectivity index (χ3v) is 15.7. The van der Waals surface area contributed by atoms with Crippen molar-refractivity contribution in [2.75, 3.05) is 46.2 Å². The molecule has 6 aliphatic heterocycles. The molecule has 6 saturated heterocycles. The lowest BCUT2D eigenvalue weighted by Crippen LogP contribution is -2.72. The zero-order chi connectivity index (χ0) is 66.5. The number of amides is 3. The number of hydrogen-bond acceptors (Lipinski definition) is 36. The van der Waals surface area contributed by atoms with Gasteiger partial charge in [0.05, 0.1) is 63.9 Å². The van der Waals surface area contributed by atoms with E-state index in [9.17, 15) is 136 Å². The Morgan fingerprint density at radius 2 is 0.854 bits per heavy atom. The Balaban J connectivity index is 1.42. The number of hydrogen-bond donors (Lipinski definition) is 25. The molecule has 6 fully saturated rings. The number of aliphatic hydroxyl groups is 20. The van der Waals surface area contributed by atoms with Crippen molar-refractivity contribution in [2.45, 2.75) is 222 Å². The average molecular weight is 1310 g/mol. The molecule has 25 N–H and O–H groups in total. The quantitative estimate of drug-likeness (QED) is 0.0382. The maximum atomic E-state index is 13.6. The first-order valence-corrected chi connectivity index (χ1v) is 27.5. The molecule has 6 aliphatic rings. The molecule has 0 aromatic heterocycles. The van der Waals surface area contributed by atoms with Crippen molar-refractivity contribution in [3.05, 3.63) is 0 Å².